The number of carbonyl (C=O) groups is 1. The van der Waals surface area contributed by atoms with Gasteiger partial charge in [0, 0.05) is 11.6 Å². The molecule has 0 radical (unpaired) electrons. The van der Waals surface area contributed by atoms with Crippen LogP contribution in [-0.4, -0.2) is 24.0 Å². The molecule has 2 aromatic carbocycles. The molecule has 1 aliphatic heterocycles. The molecule has 150 valence electrons. The molecule has 1 atom stereocenters. The van der Waals surface area contributed by atoms with E-state index in [0.717, 1.165) is 45.0 Å². The summed E-state index contributed by atoms with van der Waals surface area (Å²) >= 11 is 0. The molecular weight excluding hydrogens is 381 g/mol. The summed E-state index contributed by atoms with van der Waals surface area (Å²) in [4.78, 5) is 12.0. The second-order valence-corrected chi connectivity index (χ2v) is 7.40. The lowest BCUT2D eigenvalue weighted by atomic mass is 9.77. The number of nitrogens with one attached hydrogen (secondary N) is 1. The van der Waals surface area contributed by atoms with Crippen LogP contribution in [-0.2, 0) is 15.1 Å². The van der Waals surface area contributed by atoms with Gasteiger partial charge in [-0.15, -0.1) is 0 Å². The van der Waals surface area contributed by atoms with Crippen molar-refractivity contribution in [2.75, 3.05) is 6.61 Å². The lowest BCUT2D eigenvalue weighted by Crippen LogP contribution is -2.62. The lowest BCUT2D eigenvalue weighted by Gasteiger charge is -2.43. The van der Waals surface area contributed by atoms with E-state index in [-0.39, 0.29) is 11.1 Å². The zero-order valence-electron chi connectivity index (χ0n) is 15.4. The largest absolute Gasteiger partial charge is 0.359 e. The zero-order chi connectivity index (χ0) is 20.9. The number of carbonyl (C=O) groups excluding carboxylic acids is 1. The van der Waals surface area contributed by atoms with Gasteiger partial charge in [0.2, 0.25) is 5.91 Å². The van der Waals surface area contributed by atoms with E-state index >= 15 is 8.78 Å². The third kappa shape index (κ3) is 3.15. The molecule has 0 bridgehead atoms. The Labute approximate surface area is 158 Å². The standard InChI is InChI=1S/C20H18F5NO2/c1-18(2)20(24,25)19(3,26-17(27)10-28-18)15-8-11(4-5-16(15)23)12-6-13(21)9-14(22)7-12/h4-9H,10H2,1-3H3,(H,26,27). The number of rotatable bonds is 2. The molecule has 1 N–H and O–H groups in total. The molecule has 0 saturated carbocycles. The van der Waals surface area contributed by atoms with Crippen molar-refractivity contribution in [3.05, 3.63) is 59.4 Å². The molecule has 1 saturated heterocycles. The first-order valence-corrected chi connectivity index (χ1v) is 8.47. The van der Waals surface area contributed by atoms with Crippen molar-refractivity contribution in [1.82, 2.24) is 5.32 Å². The highest BCUT2D eigenvalue weighted by atomic mass is 19.3. The van der Waals surface area contributed by atoms with E-state index in [1.807, 2.05) is 0 Å². The molecule has 1 unspecified atom stereocenters. The second kappa shape index (κ2) is 6.55. The van der Waals surface area contributed by atoms with Crippen LogP contribution in [0, 0.1) is 17.5 Å². The molecule has 2 aromatic rings. The first-order chi connectivity index (χ1) is 12.9. The SMILES string of the molecule is CC1(C)OCC(=O)NC(C)(c2cc(-c3cc(F)cc(F)c3)ccc2F)C1(F)F. The van der Waals surface area contributed by atoms with Crippen LogP contribution in [0.15, 0.2) is 36.4 Å². The van der Waals surface area contributed by atoms with Crippen LogP contribution in [0.3, 0.4) is 0 Å². The van der Waals surface area contributed by atoms with Crippen LogP contribution in [0.25, 0.3) is 11.1 Å². The summed E-state index contributed by atoms with van der Waals surface area (Å²) < 4.78 is 77.5. The number of ether oxygens (including phenoxy) is 1. The minimum Gasteiger partial charge on any atom is -0.359 e. The van der Waals surface area contributed by atoms with Gasteiger partial charge in [-0.05, 0) is 56.2 Å². The number of alkyl halides is 2. The van der Waals surface area contributed by atoms with Gasteiger partial charge in [-0.3, -0.25) is 4.79 Å². The van der Waals surface area contributed by atoms with Crippen molar-refractivity contribution in [3.63, 3.8) is 0 Å². The van der Waals surface area contributed by atoms with E-state index in [1.54, 1.807) is 0 Å². The third-order valence-corrected chi connectivity index (χ3v) is 5.04. The first-order valence-electron chi connectivity index (χ1n) is 8.47. The van der Waals surface area contributed by atoms with Crippen LogP contribution in [0.4, 0.5) is 22.0 Å². The number of hydrogen-bond acceptors (Lipinski definition) is 2. The summed E-state index contributed by atoms with van der Waals surface area (Å²) in [5.74, 6) is -7.29. The molecule has 1 amide bonds. The average Bonchev–Trinajstić information content (AvgIpc) is 2.64. The minimum absolute atomic E-state index is 0.0427. The first kappa shape index (κ1) is 20.3. The number of hydrogen-bond donors (Lipinski definition) is 1. The van der Waals surface area contributed by atoms with Crippen molar-refractivity contribution in [2.45, 2.75) is 37.8 Å². The Balaban J connectivity index is 2.22. The fraction of sp³-hybridized carbons (Fsp3) is 0.350. The topological polar surface area (TPSA) is 38.3 Å². The van der Waals surface area contributed by atoms with Crippen LogP contribution >= 0.6 is 0 Å². The molecule has 0 aromatic heterocycles. The van der Waals surface area contributed by atoms with Gasteiger partial charge in [0.15, 0.2) is 0 Å². The quantitative estimate of drug-likeness (QED) is 0.753. The predicted octanol–water partition coefficient (Wildman–Crippen LogP) is 4.55. The zero-order valence-corrected chi connectivity index (χ0v) is 15.4. The van der Waals surface area contributed by atoms with Gasteiger partial charge in [0.05, 0.1) is 0 Å². The smallest absolute Gasteiger partial charge is 0.302 e. The Kier molecular flexibility index (Phi) is 4.74. The van der Waals surface area contributed by atoms with Gasteiger partial charge < -0.3 is 10.1 Å². The van der Waals surface area contributed by atoms with Crippen LogP contribution < -0.4 is 5.32 Å². The molecular formula is C20H18F5NO2. The average molecular weight is 399 g/mol. The van der Waals surface area contributed by atoms with Gasteiger partial charge in [0.25, 0.3) is 0 Å². The predicted molar refractivity (Wildman–Crippen MR) is 92.2 cm³/mol. The van der Waals surface area contributed by atoms with E-state index in [2.05, 4.69) is 5.32 Å². The van der Waals surface area contributed by atoms with Crippen molar-refractivity contribution in [2.24, 2.45) is 0 Å². The molecule has 3 rings (SSSR count). The van der Waals surface area contributed by atoms with Gasteiger partial charge in [-0.1, -0.05) is 6.07 Å². The molecule has 8 heteroatoms. The van der Waals surface area contributed by atoms with Crippen molar-refractivity contribution >= 4 is 5.91 Å². The van der Waals surface area contributed by atoms with Gasteiger partial charge in [-0.25, -0.2) is 22.0 Å². The summed E-state index contributed by atoms with van der Waals surface area (Å²) in [7, 11) is 0. The maximum atomic E-state index is 15.4. The molecule has 1 heterocycles. The maximum absolute atomic E-state index is 15.4. The fourth-order valence-corrected chi connectivity index (χ4v) is 3.38. The summed E-state index contributed by atoms with van der Waals surface area (Å²) in [6.07, 6.45) is 0. The Morgan fingerprint density at radius 1 is 0.929 bits per heavy atom. The highest BCUT2D eigenvalue weighted by Crippen LogP contribution is 2.48. The fourth-order valence-electron chi connectivity index (χ4n) is 3.38. The van der Waals surface area contributed by atoms with Crippen molar-refractivity contribution in [3.8, 4) is 11.1 Å². The van der Waals surface area contributed by atoms with E-state index in [4.69, 9.17) is 4.74 Å². The monoisotopic (exact) mass is 399 g/mol. The van der Waals surface area contributed by atoms with E-state index in [9.17, 15) is 18.0 Å². The van der Waals surface area contributed by atoms with Crippen LogP contribution in [0.2, 0.25) is 0 Å². The Morgan fingerprint density at radius 2 is 1.54 bits per heavy atom. The summed E-state index contributed by atoms with van der Waals surface area (Å²) in [5.41, 5.74) is -4.92. The Hall–Kier alpha value is -2.48. The van der Waals surface area contributed by atoms with Gasteiger partial charge in [-0.2, -0.15) is 0 Å². The van der Waals surface area contributed by atoms with Crippen molar-refractivity contribution < 1.29 is 31.5 Å². The normalized spacial score (nSPS) is 23.8. The number of halogens is 5. The molecule has 0 spiro atoms. The lowest BCUT2D eigenvalue weighted by molar-refractivity contribution is -0.216. The summed E-state index contributed by atoms with van der Waals surface area (Å²) in [6.45, 7) is 2.59. The molecule has 28 heavy (non-hydrogen) atoms. The number of amides is 1. The summed E-state index contributed by atoms with van der Waals surface area (Å²) in [6, 6.07) is 5.85. The van der Waals surface area contributed by atoms with E-state index in [1.165, 1.54) is 6.07 Å². The second-order valence-electron chi connectivity index (χ2n) is 7.40. The maximum Gasteiger partial charge on any atom is 0.302 e. The van der Waals surface area contributed by atoms with Gasteiger partial charge >= 0.3 is 5.92 Å². The molecule has 3 nitrogen and oxygen atoms in total. The Morgan fingerprint density at radius 3 is 2.14 bits per heavy atom. The highest BCUT2D eigenvalue weighted by molar-refractivity contribution is 5.79. The van der Waals surface area contributed by atoms with Crippen molar-refractivity contribution in [1.29, 1.82) is 0 Å². The minimum atomic E-state index is -3.72. The highest BCUT2D eigenvalue weighted by Gasteiger charge is 2.64. The van der Waals surface area contributed by atoms with E-state index in [0.29, 0.717) is 6.07 Å². The van der Waals surface area contributed by atoms with Crippen LogP contribution in [0.1, 0.15) is 26.3 Å². The Bertz CT molecular complexity index is 924. The number of benzene rings is 2. The van der Waals surface area contributed by atoms with E-state index < -0.39 is 52.6 Å². The summed E-state index contributed by atoms with van der Waals surface area (Å²) in [5, 5.41) is 2.16. The van der Waals surface area contributed by atoms with Gasteiger partial charge in [0.1, 0.15) is 35.2 Å². The molecule has 1 aliphatic rings. The third-order valence-electron chi connectivity index (χ3n) is 5.04. The molecule has 0 aliphatic carbocycles. The molecule has 1 fully saturated rings. The van der Waals surface area contributed by atoms with Crippen LogP contribution in [0.5, 0.6) is 0 Å².